The molecule has 0 bridgehead atoms. The summed E-state index contributed by atoms with van der Waals surface area (Å²) in [5, 5.41) is 5.98. The number of carbonyl (C=O) groups excluding carboxylic acids is 1. The normalized spacial score (nSPS) is 18.2. The maximum atomic E-state index is 12.5. The molecule has 110 valence electrons. The Bertz CT molecular complexity index is 711. The SMILES string of the molecule is Cc1cc(C)cc([C@H]2CCCN2C(=O)c2n[nH]c(=O)[nH]2)c1. The first kappa shape index (κ1) is 13.6. The Labute approximate surface area is 122 Å². The van der Waals surface area contributed by atoms with Crippen molar-refractivity contribution in [1.29, 1.82) is 0 Å². The highest BCUT2D eigenvalue weighted by atomic mass is 16.2. The van der Waals surface area contributed by atoms with Crippen LogP contribution in [0.5, 0.6) is 0 Å². The molecule has 6 heteroatoms. The molecule has 1 aromatic carbocycles. The van der Waals surface area contributed by atoms with Gasteiger partial charge in [-0.1, -0.05) is 29.3 Å². The third kappa shape index (κ3) is 2.61. The average molecular weight is 286 g/mol. The maximum absolute atomic E-state index is 12.5. The first-order valence-corrected chi connectivity index (χ1v) is 7.08. The summed E-state index contributed by atoms with van der Waals surface area (Å²) in [6.07, 6.45) is 1.89. The van der Waals surface area contributed by atoms with Crippen molar-refractivity contribution in [2.45, 2.75) is 32.7 Å². The zero-order valence-corrected chi connectivity index (χ0v) is 12.1. The van der Waals surface area contributed by atoms with Crippen LogP contribution < -0.4 is 5.69 Å². The minimum atomic E-state index is -0.458. The van der Waals surface area contributed by atoms with Gasteiger partial charge in [-0.2, -0.15) is 0 Å². The second-order valence-electron chi connectivity index (χ2n) is 5.60. The second-order valence-corrected chi connectivity index (χ2v) is 5.60. The topological polar surface area (TPSA) is 81.8 Å². The lowest BCUT2D eigenvalue weighted by Gasteiger charge is -2.24. The monoisotopic (exact) mass is 286 g/mol. The molecule has 1 amide bonds. The third-order valence-electron chi connectivity index (χ3n) is 3.85. The van der Waals surface area contributed by atoms with Gasteiger partial charge in [0.05, 0.1) is 6.04 Å². The molecule has 0 unspecified atom stereocenters. The number of aromatic amines is 2. The predicted molar refractivity (Wildman–Crippen MR) is 78.1 cm³/mol. The number of hydrogen-bond donors (Lipinski definition) is 2. The highest BCUT2D eigenvalue weighted by Gasteiger charge is 2.32. The summed E-state index contributed by atoms with van der Waals surface area (Å²) in [6, 6.07) is 6.42. The molecule has 2 N–H and O–H groups in total. The fraction of sp³-hybridized carbons (Fsp3) is 0.400. The number of nitrogens with one attached hydrogen (secondary N) is 2. The lowest BCUT2D eigenvalue weighted by Crippen LogP contribution is -2.31. The fourth-order valence-electron chi connectivity index (χ4n) is 3.07. The highest BCUT2D eigenvalue weighted by Crippen LogP contribution is 2.33. The third-order valence-corrected chi connectivity index (χ3v) is 3.85. The van der Waals surface area contributed by atoms with Crippen molar-refractivity contribution in [1.82, 2.24) is 20.1 Å². The Kier molecular flexibility index (Phi) is 3.37. The Morgan fingerprint density at radius 2 is 2.00 bits per heavy atom. The van der Waals surface area contributed by atoms with Crippen LogP contribution in [-0.4, -0.2) is 32.5 Å². The van der Waals surface area contributed by atoms with Crippen LogP contribution in [0.1, 0.15) is 46.2 Å². The van der Waals surface area contributed by atoms with Crippen LogP contribution in [-0.2, 0) is 0 Å². The number of benzene rings is 1. The number of aromatic nitrogens is 3. The molecule has 1 aromatic heterocycles. The largest absolute Gasteiger partial charge is 0.341 e. The van der Waals surface area contributed by atoms with E-state index in [1.54, 1.807) is 4.90 Å². The molecular weight excluding hydrogens is 268 g/mol. The highest BCUT2D eigenvalue weighted by molar-refractivity contribution is 5.90. The number of likely N-dealkylation sites (tertiary alicyclic amines) is 1. The van der Waals surface area contributed by atoms with Gasteiger partial charge in [0, 0.05) is 6.54 Å². The van der Waals surface area contributed by atoms with Gasteiger partial charge in [-0.3, -0.25) is 9.78 Å². The second kappa shape index (κ2) is 5.20. The Morgan fingerprint density at radius 1 is 1.29 bits per heavy atom. The first-order valence-electron chi connectivity index (χ1n) is 7.08. The molecule has 21 heavy (non-hydrogen) atoms. The molecule has 2 heterocycles. The molecule has 0 saturated carbocycles. The van der Waals surface area contributed by atoms with E-state index >= 15 is 0 Å². The molecule has 1 aliphatic heterocycles. The van der Waals surface area contributed by atoms with Crippen molar-refractivity contribution in [3.63, 3.8) is 0 Å². The minimum Gasteiger partial charge on any atom is -0.329 e. The van der Waals surface area contributed by atoms with Gasteiger partial charge < -0.3 is 4.90 Å². The molecule has 0 aliphatic carbocycles. The molecule has 3 rings (SSSR count). The van der Waals surface area contributed by atoms with Crippen molar-refractivity contribution in [3.8, 4) is 0 Å². The maximum Gasteiger partial charge on any atom is 0.341 e. The Hall–Kier alpha value is -2.37. The van der Waals surface area contributed by atoms with Crippen LogP contribution in [0, 0.1) is 13.8 Å². The number of rotatable bonds is 2. The number of H-pyrrole nitrogens is 2. The van der Waals surface area contributed by atoms with E-state index in [0.717, 1.165) is 18.4 Å². The first-order chi connectivity index (χ1) is 10.0. The van der Waals surface area contributed by atoms with E-state index in [-0.39, 0.29) is 17.8 Å². The molecule has 1 saturated heterocycles. The average Bonchev–Trinajstić information content (AvgIpc) is 3.05. The van der Waals surface area contributed by atoms with Gasteiger partial charge in [0.15, 0.2) is 0 Å². The zero-order chi connectivity index (χ0) is 15.0. The summed E-state index contributed by atoms with van der Waals surface area (Å²) < 4.78 is 0. The van der Waals surface area contributed by atoms with Crippen LogP contribution in [0.25, 0.3) is 0 Å². The summed E-state index contributed by atoms with van der Waals surface area (Å²) in [6.45, 7) is 4.80. The quantitative estimate of drug-likeness (QED) is 0.881. The van der Waals surface area contributed by atoms with E-state index in [2.05, 4.69) is 47.2 Å². The van der Waals surface area contributed by atoms with E-state index in [1.807, 2.05) is 0 Å². The van der Waals surface area contributed by atoms with Crippen LogP contribution in [0.2, 0.25) is 0 Å². The molecule has 2 aromatic rings. The van der Waals surface area contributed by atoms with Crippen molar-refractivity contribution >= 4 is 5.91 Å². The van der Waals surface area contributed by atoms with E-state index in [1.165, 1.54) is 11.1 Å². The van der Waals surface area contributed by atoms with Gasteiger partial charge in [0.1, 0.15) is 0 Å². The van der Waals surface area contributed by atoms with Gasteiger partial charge in [-0.15, -0.1) is 5.10 Å². The minimum absolute atomic E-state index is 0.0521. The molecule has 1 aliphatic rings. The van der Waals surface area contributed by atoms with Crippen LogP contribution in [0.3, 0.4) is 0 Å². The van der Waals surface area contributed by atoms with E-state index in [4.69, 9.17) is 0 Å². The molecule has 1 fully saturated rings. The molecule has 1 atom stereocenters. The lowest BCUT2D eigenvalue weighted by atomic mass is 9.99. The summed E-state index contributed by atoms with van der Waals surface area (Å²) >= 11 is 0. The number of aryl methyl sites for hydroxylation is 2. The summed E-state index contributed by atoms with van der Waals surface area (Å²) in [5.74, 6) is -0.147. The van der Waals surface area contributed by atoms with Gasteiger partial charge in [0.2, 0.25) is 5.82 Å². The zero-order valence-electron chi connectivity index (χ0n) is 12.1. The summed E-state index contributed by atoms with van der Waals surface area (Å²) in [7, 11) is 0. The smallest absolute Gasteiger partial charge is 0.329 e. The van der Waals surface area contributed by atoms with Crippen molar-refractivity contribution < 1.29 is 4.79 Å². The molecule has 0 radical (unpaired) electrons. The standard InChI is InChI=1S/C15H18N4O2/c1-9-6-10(2)8-11(7-9)12-4-3-5-19(12)14(20)13-16-15(21)18-17-13/h6-8,12H,3-5H2,1-2H3,(H2,16,17,18,21)/t12-/m1/s1. The van der Waals surface area contributed by atoms with Gasteiger partial charge in [0.25, 0.3) is 5.91 Å². The Morgan fingerprint density at radius 3 is 2.62 bits per heavy atom. The number of carbonyl (C=O) groups is 1. The number of nitrogens with zero attached hydrogens (tertiary/aromatic N) is 2. The van der Waals surface area contributed by atoms with Crippen molar-refractivity contribution in [3.05, 3.63) is 51.2 Å². The summed E-state index contributed by atoms with van der Waals surface area (Å²) in [5.41, 5.74) is 3.08. The predicted octanol–water partition coefficient (Wildman–Crippen LogP) is 1.69. The number of amides is 1. The molecule has 0 spiro atoms. The molecular formula is C15H18N4O2. The van der Waals surface area contributed by atoms with Crippen LogP contribution in [0.15, 0.2) is 23.0 Å². The van der Waals surface area contributed by atoms with E-state index in [9.17, 15) is 9.59 Å². The van der Waals surface area contributed by atoms with Crippen molar-refractivity contribution in [2.75, 3.05) is 6.54 Å². The van der Waals surface area contributed by atoms with Crippen LogP contribution >= 0.6 is 0 Å². The van der Waals surface area contributed by atoms with Gasteiger partial charge >= 0.3 is 5.69 Å². The molecule has 6 nitrogen and oxygen atoms in total. The lowest BCUT2D eigenvalue weighted by molar-refractivity contribution is 0.0723. The van der Waals surface area contributed by atoms with E-state index in [0.29, 0.717) is 6.54 Å². The fourth-order valence-corrected chi connectivity index (χ4v) is 3.07. The Balaban J connectivity index is 1.91. The van der Waals surface area contributed by atoms with Crippen molar-refractivity contribution in [2.24, 2.45) is 0 Å². The van der Waals surface area contributed by atoms with Crippen LogP contribution in [0.4, 0.5) is 0 Å². The number of hydrogen-bond acceptors (Lipinski definition) is 3. The van der Waals surface area contributed by atoms with Gasteiger partial charge in [-0.05, 0) is 32.3 Å². The van der Waals surface area contributed by atoms with E-state index < -0.39 is 5.69 Å². The summed E-state index contributed by atoms with van der Waals surface area (Å²) in [4.78, 5) is 27.8. The van der Waals surface area contributed by atoms with Gasteiger partial charge in [-0.25, -0.2) is 9.89 Å².